The normalized spacial score (nSPS) is 10.2. The van der Waals surface area contributed by atoms with Crippen LogP contribution in [-0.4, -0.2) is 22.3 Å². The summed E-state index contributed by atoms with van der Waals surface area (Å²) in [6.45, 7) is 3.60. The van der Waals surface area contributed by atoms with Gasteiger partial charge >= 0.3 is 5.97 Å². The van der Waals surface area contributed by atoms with E-state index < -0.39 is 5.97 Å². The number of para-hydroxylation sites is 1. The van der Waals surface area contributed by atoms with Crippen LogP contribution in [0, 0.1) is 0 Å². The maximum Gasteiger partial charge on any atom is 0.339 e. The zero-order valence-corrected chi connectivity index (χ0v) is 8.02. The van der Waals surface area contributed by atoms with Crippen LogP contribution in [0.15, 0.2) is 18.2 Å². The van der Waals surface area contributed by atoms with Gasteiger partial charge in [0.05, 0.1) is 6.10 Å². The Morgan fingerprint density at radius 3 is 2.57 bits per heavy atom. The number of aromatic hydroxyl groups is 1. The molecule has 1 rings (SSSR count). The van der Waals surface area contributed by atoms with Crippen LogP contribution in [0.3, 0.4) is 0 Å². The highest BCUT2D eigenvalue weighted by Crippen LogP contribution is 2.30. The van der Waals surface area contributed by atoms with Gasteiger partial charge in [-0.3, -0.25) is 0 Å². The Balaban J connectivity index is 3.07. The lowest BCUT2D eigenvalue weighted by Gasteiger charge is -2.11. The van der Waals surface area contributed by atoms with Gasteiger partial charge in [-0.2, -0.15) is 0 Å². The standard InChI is InChI=1S/C10H12O4/c1-6(2)14-8-5-3-4-7(9(8)11)10(12)13/h3-6,11H,1-2H3,(H,12,13). The molecule has 0 aliphatic heterocycles. The number of phenols is 1. The molecule has 0 aromatic heterocycles. The van der Waals surface area contributed by atoms with Gasteiger partial charge < -0.3 is 14.9 Å². The summed E-state index contributed by atoms with van der Waals surface area (Å²) in [6.07, 6.45) is -0.107. The van der Waals surface area contributed by atoms with Gasteiger partial charge in [0.25, 0.3) is 0 Å². The molecule has 1 aromatic carbocycles. The molecular formula is C10H12O4. The van der Waals surface area contributed by atoms with Crippen molar-refractivity contribution < 1.29 is 19.7 Å². The van der Waals surface area contributed by atoms with E-state index >= 15 is 0 Å². The first-order valence-corrected chi connectivity index (χ1v) is 4.24. The van der Waals surface area contributed by atoms with E-state index in [1.54, 1.807) is 13.8 Å². The molecule has 0 spiro atoms. The van der Waals surface area contributed by atoms with Gasteiger partial charge in [-0.1, -0.05) is 6.07 Å². The maximum atomic E-state index is 10.6. The molecule has 0 saturated carbocycles. The molecule has 4 nitrogen and oxygen atoms in total. The van der Waals surface area contributed by atoms with E-state index in [2.05, 4.69) is 0 Å². The molecule has 1 aromatic rings. The van der Waals surface area contributed by atoms with Gasteiger partial charge in [0.15, 0.2) is 11.5 Å². The van der Waals surface area contributed by atoms with Crippen LogP contribution in [0.2, 0.25) is 0 Å². The zero-order valence-electron chi connectivity index (χ0n) is 8.02. The van der Waals surface area contributed by atoms with Crippen molar-refractivity contribution in [2.24, 2.45) is 0 Å². The summed E-state index contributed by atoms with van der Waals surface area (Å²) in [4.78, 5) is 10.6. The molecular weight excluding hydrogens is 184 g/mol. The van der Waals surface area contributed by atoms with Gasteiger partial charge in [0, 0.05) is 0 Å². The van der Waals surface area contributed by atoms with E-state index in [1.165, 1.54) is 18.2 Å². The lowest BCUT2D eigenvalue weighted by Crippen LogP contribution is -2.07. The van der Waals surface area contributed by atoms with Crippen molar-refractivity contribution in [2.75, 3.05) is 0 Å². The third kappa shape index (κ3) is 2.16. The topological polar surface area (TPSA) is 66.8 Å². The Hall–Kier alpha value is -1.71. The number of aromatic carboxylic acids is 1. The van der Waals surface area contributed by atoms with Crippen LogP contribution >= 0.6 is 0 Å². The summed E-state index contributed by atoms with van der Waals surface area (Å²) in [7, 11) is 0. The first kappa shape index (κ1) is 10.4. The number of ether oxygens (including phenoxy) is 1. The lowest BCUT2D eigenvalue weighted by atomic mass is 10.2. The minimum atomic E-state index is -1.17. The van der Waals surface area contributed by atoms with Crippen molar-refractivity contribution in [3.8, 4) is 11.5 Å². The fourth-order valence-corrected chi connectivity index (χ4v) is 1.04. The van der Waals surface area contributed by atoms with E-state index in [0.717, 1.165) is 0 Å². The highest BCUT2D eigenvalue weighted by molar-refractivity contribution is 5.91. The molecule has 0 unspecified atom stereocenters. The van der Waals surface area contributed by atoms with Crippen LogP contribution in [-0.2, 0) is 0 Å². The second-order valence-corrected chi connectivity index (χ2v) is 3.12. The van der Waals surface area contributed by atoms with Crippen molar-refractivity contribution in [2.45, 2.75) is 20.0 Å². The third-order valence-corrected chi connectivity index (χ3v) is 1.59. The molecule has 0 amide bonds. The van der Waals surface area contributed by atoms with Crippen LogP contribution in [0.1, 0.15) is 24.2 Å². The number of carbonyl (C=O) groups is 1. The average molecular weight is 196 g/mol. The molecule has 14 heavy (non-hydrogen) atoms. The van der Waals surface area contributed by atoms with Crippen LogP contribution in [0.4, 0.5) is 0 Å². The molecule has 4 heteroatoms. The molecule has 0 fully saturated rings. The Kier molecular flexibility index (Phi) is 2.96. The van der Waals surface area contributed by atoms with Gasteiger partial charge in [-0.05, 0) is 26.0 Å². The fraction of sp³-hybridized carbons (Fsp3) is 0.300. The Labute approximate surface area is 81.8 Å². The van der Waals surface area contributed by atoms with E-state index in [0.29, 0.717) is 0 Å². The molecule has 0 radical (unpaired) electrons. The first-order valence-electron chi connectivity index (χ1n) is 4.24. The molecule has 0 heterocycles. The van der Waals surface area contributed by atoms with E-state index in [9.17, 15) is 9.90 Å². The summed E-state index contributed by atoms with van der Waals surface area (Å²) in [5, 5.41) is 18.2. The second kappa shape index (κ2) is 4.00. The Morgan fingerprint density at radius 2 is 2.07 bits per heavy atom. The van der Waals surface area contributed by atoms with Crippen LogP contribution < -0.4 is 4.74 Å². The molecule has 0 saturated heterocycles. The van der Waals surface area contributed by atoms with Crippen LogP contribution in [0.25, 0.3) is 0 Å². The fourth-order valence-electron chi connectivity index (χ4n) is 1.04. The Bertz CT molecular complexity index is 344. The largest absolute Gasteiger partial charge is 0.504 e. The smallest absolute Gasteiger partial charge is 0.339 e. The number of benzene rings is 1. The van der Waals surface area contributed by atoms with Crippen molar-refractivity contribution >= 4 is 5.97 Å². The summed E-state index contributed by atoms with van der Waals surface area (Å²) < 4.78 is 5.22. The number of carboxylic acid groups (broad SMARTS) is 1. The molecule has 0 bridgehead atoms. The highest BCUT2D eigenvalue weighted by Gasteiger charge is 2.14. The quantitative estimate of drug-likeness (QED) is 0.774. The van der Waals surface area contributed by atoms with Gasteiger partial charge in [-0.15, -0.1) is 0 Å². The summed E-state index contributed by atoms with van der Waals surface area (Å²) >= 11 is 0. The summed E-state index contributed by atoms with van der Waals surface area (Å²) in [6, 6.07) is 4.38. The van der Waals surface area contributed by atoms with Crippen molar-refractivity contribution in [3.05, 3.63) is 23.8 Å². The number of hydrogen-bond acceptors (Lipinski definition) is 3. The van der Waals surface area contributed by atoms with Gasteiger partial charge in [0.1, 0.15) is 5.56 Å². The van der Waals surface area contributed by atoms with Crippen molar-refractivity contribution in [1.82, 2.24) is 0 Å². The minimum Gasteiger partial charge on any atom is -0.504 e. The van der Waals surface area contributed by atoms with E-state index in [1.807, 2.05) is 0 Å². The molecule has 76 valence electrons. The average Bonchev–Trinajstić information content (AvgIpc) is 2.07. The first-order chi connectivity index (χ1) is 6.52. The van der Waals surface area contributed by atoms with Gasteiger partial charge in [-0.25, -0.2) is 4.79 Å². The summed E-state index contributed by atoms with van der Waals surface area (Å²) in [5.74, 6) is -1.30. The van der Waals surface area contributed by atoms with Crippen molar-refractivity contribution in [3.63, 3.8) is 0 Å². The number of carboxylic acids is 1. The molecule has 0 atom stereocenters. The molecule has 0 aliphatic rings. The highest BCUT2D eigenvalue weighted by atomic mass is 16.5. The lowest BCUT2D eigenvalue weighted by molar-refractivity contribution is 0.0692. The van der Waals surface area contributed by atoms with Crippen LogP contribution in [0.5, 0.6) is 11.5 Å². The number of rotatable bonds is 3. The zero-order chi connectivity index (χ0) is 10.7. The predicted molar refractivity (Wildman–Crippen MR) is 50.8 cm³/mol. The second-order valence-electron chi connectivity index (χ2n) is 3.12. The predicted octanol–water partition coefficient (Wildman–Crippen LogP) is 1.88. The summed E-state index contributed by atoms with van der Waals surface area (Å²) in [5.41, 5.74) is -0.150. The molecule has 2 N–H and O–H groups in total. The maximum absolute atomic E-state index is 10.6. The van der Waals surface area contributed by atoms with E-state index in [4.69, 9.17) is 9.84 Å². The molecule has 0 aliphatic carbocycles. The Morgan fingerprint density at radius 1 is 1.43 bits per heavy atom. The number of hydrogen-bond donors (Lipinski definition) is 2. The van der Waals surface area contributed by atoms with Gasteiger partial charge in [0.2, 0.25) is 0 Å². The third-order valence-electron chi connectivity index (χ3n) is 1.59. The van der Waals surface area contributed by atoms with E-state index in [-0.39, 0.29) is 23.2 Å². The van der Waals surface area contributed by atoms with Crippen molar-refractivity contribution in [1.29, 1.82) is 0 Å². The monoisotopic (exact) mass is 196 g/mol. The minimum absolute atomic E-state index is 0.107. The SMILES string of the molecule is CC(C)Oc1cccc(C(=O)O)c1O.